The zero-order valence-electron chi connectivity index (χ0n) is 10.2. The van der Waals surface area contributed by atoms with Crippen molar-refractivity contribution >= 4 is 27.7 Å². The van der Waals surface area contributed by atoms with Gasteiger partial charge in [-0.3, -0.25) is 0 Å². The minimum Gasteiger partial charge on any atom is -0.468 e. The summed E-state index contributed by atoms with van der Waals surface area (Å²) in [7, 11) is 0. The van der Waals surface area contributed by atoms with Gasteiger partial charge in [0.05, 0.1) is 0 Å². The van der Waals surface area contributed by atoms with E-state index >= 15 is 0 Å². The van der Waals surface area contributed by atoms with Gasteiger partial charge in [0.2, 0.25) is 5.88 Å². The molecular formula is C10H9BrF6N2OS. The average Bonchev–Trinajstić information content (AvgIpc) is 2.36. The summed E-state index contributed by atoms with van der Waals surface area (Å²) >= 11 is 2.64. The Labute approximate surface area is 128 Å². The van der Waals surface area contributed by atoms with E-state index in [-0.39, 0.29) is 22.1 Å². The van der Waals surface area contributed by atoms with Crippen molar-refractivity contribution in [2.24, 2.45) is 0 Å². The van der Waals surface area contributed by atoms with Gasteiger partial charge in [0.1, 0.15) is 11.4 Å². The van der Waals surface area contributed by atoms with Crippen LogP contribution in [0.3, 0.4) is 0 Å². The molecule has 0 aliphatic rings. The number of halogens is 7. The first-order valence-electron chi connectivity index (χ1n) is 5.42. The summed E-state index contributed by atoms with van der Waals surface area (Å²) in [5.74, 6) is -0.517. The monoisotopic (exact) mass is 398 g/mol. The predicted molar refractivity (Wildman–Crippen MR) is 67.7 cm³/mol. The predicted octanol–water partition coefficient (Wildman–Crippen LogP) is 4.23. The van der Waals surface area contributed by atoms with E-state index < -0.39 is 36.5 Å². The topological polar surface area (TPSA) is 35.0 Å². The van der Waals surface area contributed by atoms with Gasteiger partial charge in [-0.25, -0.2) is 14.4 Å². The SMILES string of the molecule is FC(CCBr)C(F)(F)Sc1cc(OCC(F)(F)F)ncn1. The van der Waals surface area contributed by atoms with Crippen molar-refractivity contribution in [1.82, 2.24) is 9.97 Å². The second-order valence-electron chi connectivity index (χ2n) is 3.71. The Morgan fingerprint density at radius 1 is 1.24 bits per heavy atom. The van der Waals surface area contributed by atoms with Gasteiger partial charge in [0.15, 0.2) is 12.8 Å². The Bertz CT molecular complexity index is 461. The molecule has 1 atom stereocenters. The molecule has 1 aromatic heterocycles. The molecule has 0 amide bonds. The summed E-state index contributed by atoms with van der Waals surface area (Å²) in [5.41, 5.74) is 0. The Kier molecular flexibility index (Phi) is 6.57. The van der Waals surface area contributed by atoms with Gasteiger partial charge in [-0.1, -0.05) is 15.9 Å². The first kappa shape index (κ1) is 18.3. The lowest BCUT2D eigenvalue weighted by molar-refractivity contribution is -0.154. The third-order valence-electron chi connectivity index (χ3n) is 1.97. The normalized spacial score (nSPS) is 14.0. The highest BCUT2D eigenvalue weighted by Crippen LogP contribution is 2.40. The highest BCUT2D eigenvalue weighted by atomic mass is 79.9. The number of hydrogen-bond acceptors (Lipinski definition) is 4. The molecule has 0 bridgehead atoms. The average molecular weight is 399 g/mol. The fourth-order valence-electron chi connectivity index (χ4n) is 1.08. The van der Waals surface area contributed by atoms with Crippen molar-refractivity contribution in [3.63, 3.8) is 0 Å². The molecule has 120 valence electrons. The van der Waals surface area contributed by atoms with Crippen LogP contribution in [-0.4, -0.2) is 39.5 Å². The molecule has 1 aromatic rings. The molecule has 0 N–H and O–H groups in total. The fourth-order valence-corrected chi connectivity index (χ4v) is 2.27. The van der Waals surface area contributed by atoms with Gasteiger partial charge in [-0.05, 0) is 18.2 Å². The van der Waals surface area contributed by atoms with Crippen LogP contribution in [0.2, 0.25) is 0 Å². The minimum absolute atomic E-state index is 0.0496. The van der Waals surface area contributed by atoms with E-state index in [9.17, 15) is 26.3 Å². The zero-order valence-corrected chi connectivity index (χ0v) is 12.6. The molecule has 21 heavy (non-hydrogen) atoms. The number of hydrogen-bond donors (Lipinski definition) is 0. The number of ether oxygens (including phenoxy) is 1. The molecule has 1 unspecified atom stereocenters. The molecule has 0 radical (unpaired) electrons. The van der Waals surface area contributed by atoms with Crippen LogP contribution in [0.4, 0.5) is 26.3 Å². The molecule has 0 fully saturated rings. The van der Waals surface area contributed by atoms with E-state index in [2.05, 4.69) is 30.6 Å². The highest BCUT2D eigenvalue weighted by molar-refractivity contribution is 9.09. The molecule has 1 heterocycles. The molecule has 0 aromatic carbocycles. The van der Waals surface area contributed by atoms with Crippen LogP contribution in [0.1, 0.15) is 6.42 Å². The van der Waals surface area contributed by atoms with E-state index in [0.717, 1.165) is 12.4 Å². The van der Waals surface area contributed by atoms with Crippen LogP contribution in [0.15, 0.2) is 17.4 Å². The molecular weight excluding hydrogens is 390 g/mol. The van der Waals surface area contributed by atoms with Crippen LogP contribution in [0.5, 0.6) is 5.88 Å². The lowest BCUT2D eigenvalue weighted by atomic mass is 10.3. The molecule has 0 aliphatic heterocycles. The Morgan fingerprint density at radius 2 is 1.90 bits per heavy atom. The molecule has 0 saturated heterocycles. The Hall–Kier alpha value is -0.710. The highest BCUT2D eigenvalue weighted by Gasteiger charge is 2.41. The number of aromatic nitrogens is 2. The van der Waals surface area contributed by atoms with Crippen LogP contribution < -0.4 is 4.74 Å². The third-order valence-corrected chi connectivity index (χ3v) is 3.39. The molecule has 0 aliphatic carbocycles. The van der Waals surface area contributed by atoms with Crippen molar-refractivity contribution in [3.8, 4) is 5.88 Å². The van der Waals surface area contributed by atoms with Crippen LogP contribution in [0, 0.1) is 0 Å². The standard InChI is InChI=1S/C10H9BrF6N2OS/c11-2-1-6(12)10(16,17)21-8-3-7(18-5-19-8)20-4-9(13,14)15/h3,5-6H,1-2,4H2. The maximum atomic E-state index is 13.5. The number of rotatable bonds is 7. The minimum atomic E-state index is -4.58. The van der Waals surface area contributed by atoms with Gasteiger partial charge < -0.3 is 4.74 Å². The second kappa shape index (κ2) is 7.52. The van der Waals surface area contributed by atoms with Crippen molar-refractivity contribution in [2.45, 2.75) is 29.0 Å². The molecule has 0 saturated carbocycles. The maximum absolute atomic E-state index is 13.5. The van der Waals surface area contributed by atoms with E-state index in [1.165, 1.54) is 0 Å². The summed E-state index contributed by atoms with van der Waals surface area (Å²) in [6, 6.07) is 0.797. The lowest BCUT2D eigenvalue weighted by Crippen LogP contribution is -2.26. The van der Waals surface area contributed by atoms with E-state index in [1.54, 1.807) is 0 Å². The van der Waals surface area contributed by atoms with Crippen LogP contribution in [-0.2, 0) is 0 Å². The van der Waals surface area contributed by atoms with Crippen molar-refractivity contribution < 1.29 is 31.1 Å². The number of nitrogens with zero attached hydrogens (tertiary/aromatic N) is 2. The Balaban J connectivity index is 2.72. The summed E-state index contributed by atoms with van der Waals surface area (Å²) in [6.45, 7) is -1.61. The van der Waals surface area contributed by atoms with Crippen molar-refractivity contribution in [2.75, 3.05) is 11.9 Å². The van der Waals surface area contributed by atoms with E-state index in [1.807, 2.05) is 0 Å². The fraction of sp³-hybridized carbons (Fsp3) is 0.600. The first-order chi connectivity index (χ1) is 9.64. The van der Waals surface area contributed by atoms with Gasteiger partial charge in [-0.2, -0.15) is 22.0 Å². The van der Waals surface area contributed by atoms with E-state index in [0.29, 0.717) is 0 Å². The third kappa shape index (κ3) is 6.72. The smallest absolute Gasteiger partial charge is 0.422 e. The number of thioether (sulfide) groups is 1. The Morgan fingerprint density at radius 3 is 2.48 bits per heavy atom. The first-order valence-corrected chi connectivity index (χ1v) is 7.36. The van der Waals surface area contributed by atoms with Gasteiger partial charge in [-0.15, -0.1) is 0 Å². The summed E-state index contributed by atoms with van der Waals surface area (Å²) in [4.78, 5) is 6.80. The molecule has 3 nitrogen and oxygen atoms in total. The largest absolute Gasteiger partial charge is 0.468 e. The maximum Gasteiger partial charge on any atom is 0.422 e. The van der Waals surface area contributed by atoms with Gasteiger partial charge in [0.25, 0.3) is 0 Å². The van der Waals surface area contributed by atoms with Crippen molar-refractivity contribution in [1.29, 1.82) is 0 Å². The second-order valence-corrected chi connectivity index (χ2v) is 5.67. The van der Waals surface area contributed by atoms with Crippen molar-refractivity contribution in [3.05, 3.63) is 12.4 Å². The molecule has 11 heteroatoms. The quantitative estimate of drug-likeness (QED) is 0.298. The van der Waals surface area contributed by atoms with Gasteiger partial charge in [0, 0.05) is 11.4 Å². The number of alkyl halides is 7. The van der Waals surface area contributed by atoms with Crippen LogP contribution in [0.25, 0.3) is 0 Å². The lowest BCUT2D eigenvalue weighted by Gasteiger charge is -2.18. The summed E-state index contributed by atoms with van der Waals surface area (Å²) in [5, 5.41) is -4.10. The summed E-state index contributed by atoms with van der Waals surface area (Å²) < 4.78 is 80.4. The molecule has 1 rings (SSSR count). The zero-order chi connectivity index (χ0) is 16.1. The molecule has 0 spiro atoms. The van der Waals surface area contributed by atoms with Crippen LogP contribution >= 0.6 is 27.7 Å². The summed E-state index contributed by atoms with van der Waals surface area (Å²) in [6.07, 6.45) is -6.65. The van der Waals surface area contributed by atoms with E-state index in [4.69, 9.17) is 0 Å². The van der Waals surface area contributed by atoms with Gasteiger partial charge >= 0.3 is 11.4 Å².